The van der Waals surface area contributed by atoms with Gasteiger partial charge in [0.25, 0.3) is 0 Å². The first kappa shape index (κ1) is 15.6. The minimum Gasteiger partial charge on any atom is -0.491 e. The van der Waals surface area contributed by atoms with E-state index in [1.54, 1.807) is 0 Å². The molecule has 1 N–H and O–H groups in total. The van der Waals surface area contributed by atoms with Crippen molar-refractivity contribution in [2.45, 2.75) is 38.3 Å². The van der Waals surface area contributed by atoms with Crippen molar-refractivity contribution in [1.29, 1.82) is 0 Å². The number of benzene rings is 2. The Morgan fingerprint density at radius 3 is 2.67 bits per heavy atom. The van der Waals surface area contributed by atoms with E-state index in [-0.39, 0.29) is 12.1 Å². The molecule has 0 spiro atoms. The van der Waals surface area contributed by atoms with E-state index in [1.165, 1.54) is 11.1 Å². The van der Waals surface area contributed by atoms with Crippen LogP contribution in [0.3, 0.4) is 0 Å². The molecular formula is C21H22ClNO. The highest BCUT2D eigenvalue weighted by Crippen LogP contribution is 2.51. The van der Waals surface area contributed by atoms with Gasteiger partial charge in [-0.05, 0) is 55.5 Å². The molecule has 1 aliphatic carbocycles. The maximum atomic E-state index is 6.46. The largest absolute Gasteiger partial charge is 0.491 e. The van der Waals surface area contributed by atoms with E-state index in [0.717, 1.165) is 22.9 Å². The third-order valence-electron chi connectivity index (χ3n) is 4.96. The van der Waals surface area contributed by atoms with Gasteiger partial charge in [-0.15, -0.1) is 0 Å². The Bertz CT molecular complexity index is 766. The summed E-state index contributed by atoms with van der Waals surface area (Å²) in [6.07, 6.45) is 5.93. The first-order valence-corrected chi connectivity index (χ1v) is 8.99. The van der Waals surface area contributed by atoms with E-state index >= 15 is 0 Å². The fourth-order valence-corrected chi connectivity index (χ4v) is 4.18. The van der Waals surface area contributed by atoms with Crippen LogP contribution in [0.4, 0.5) is 5.69 Å². The maximum Gasteiger partial charge on any atom is 0.119 e. The van der Waals surface area contributed by atoms with Gasteiger partial charge in [0.2, 0.25) is 0 Å². The number of anilines is 1. The van der Waals surface area contributed by atoms with Gasteiger partial charge in [0.1, 0.15) is 5.75 Å². The van der Waals surface area contributed by atoms with Crippen LogP contribution in [0.15, 0.2) is 54.6 Å². The molecule has 0 aromatic heterocycles. The molecule has 124 valence electrons. The maximum absolute atomic E-state index is 6.46. The summed E-state index contributed by atoms with van der Waals surface area (Å²) in [6.45, 7) is 4.09. The van der Waals surface area contributed by atoms with Gasteiger partial charge < -0.3 is 10.1 Å². The highest BCUT2D eigenvalue weighted by atomic mass is 35.5. The van der Waals surface area contributed by atoms with Gasteiger partial charge in [0, 0.05) is 5.92 Å². The molecule has 4 rings (SSSR count). The van der Waals surface area contributed by atoms with Gasteiger partial charge in [-0.3, -0.25) is 0 Å². The number of hydrogen-bond acceptors (Lipinski definition) is 2. The Morgan fingerprint density at radius 2 is 1.92 bits per heavy atom. The third kappa shape index (κ3) is 2.69. The molecule has 24 heavy (non-hydrogen) atoms. The number of hydrogen-bond donors (Lipinski definition) is 1. The van der Waals surface area contributed by atoms with Gasteiger partial charge in [0.15, 0.2) is 0 Å². The average molecular weight is 340 g/mol. The van der Waals surface area contributed by atoms with Crippen molar-refractivity contribution in [2.24, 2.45) is 5.92 Å². The summed E-state index contributed by atoms with van der Waals surface area (Å²) in [4.78, 5) is 0. The predicted octanol–water partition coefficient (Wildman–Crippen LogP) is 5.95. The molecule has 2 nitrogen and oxygen atoms in total. The number of nitrogens with one attached hydrogen (secondary N) is 1. The van der Waals surface area contributed by atoms with E-state index in [9.17, 15) is 0 Å². The summed E-state index contributed by atoms with van der Waals surface area (Å²) in [5.41, 5.74) is 3.69. The average Bonchev–Trinajstić information content (AvgIpc) is 3.05. The van der Waals surface area contributed by atoms with E-state index < -0.39 is 0 Å². The zero-order valence-corrected chi connectivity index (χ0v) is 14.8. The molecule has 0 bridgehead atoms. The van der Waals surface area contributed by atoms with Crippen LogP contribution in [0.5, 0.6) is 5.75 Å². The van der Waals surface area contributed by atoms with E-state index in [1.807, 2.05) is 26.0 Å². The Labute approximate surface area is 148 Å². The molecule has 0 radical (unpaired) electrons. The molecule has 2 aromatic carbocycles. The third-order valence-corrected chi connectivity index (χ3v) is 5.27. The summed E-state index contributed by atoms with van der Waals surface area (Å²) >= 11 is 6.46. The monoisotopic (exact) mass is 339 g/mol. The van der Waals surface area contributed by atoms with E-state index in [0.29, 0.717) is 11.8 Å². The van der Waals surface area contributed by atoms with Crippen molar-refractivity contribution in [3.8, 4) is 5.75 Å². The first-order chi connectivity index (χ1) is 11.6. The molecule has 2 aliphatic rings. The molecule has 1 aliphatic heterocycles. The molecule has 1 heterocycles. The smallest absolute Gasteiger partial charge is 0.119 e. The second kappa shape index (κ2) is 6.18. The van der Waals surface area contributed by atoms with Crippen molar-refractivity contribution in [3.63, 3.8) is 0 Å². The molecule has 0 saturated heterocycles. The lowest BCUT2D eigenvalue weighted by Crippen LogP contribution is -2.29. The van der Waals surface area contributed by atoms with Crippen molar-refractivity contribution in [3.05, 3.63) is 70.8 Å². The molecule has 0 unspecified atom stereocenters. The van der Waals surface area contributed by atoms with Crippen LogP contribution in [0.25, 0.3) is 0 Å². The molecule has 0 fully saturated rings. The van der Waals surface area contributed by atoms with Gasteiger partial charge in [-0.1, -0.05) is 48.0 Å². The second-order valence-electron chi connectivity index (χ2n) is 6.92. The van der Waals surface area contributed by atoms with Gasteiger partial charge >= 0.3 is 0 Å². The molecule has 2 aromatic rings. The molecule has 0 saturated carbocycles. The van der Waals surface area contributed by atoms with Crippen molar-refractivity contribution >= 4 is 17.3 Å². The lowest BCUT2D eigenvalue weighted by atomic mass is 9.77. The summed E-state index contributed by atoms with van der Waals surface area (Å²) in [7, 11) is 0. The Morgan fingerprint density at radius 1 is 1.12 bits per heavy atom. The molecule has 3 atom stereocenters. The highest BCUT2D eigenvalue weighted by molar-refractivity contribution is 6.33. The van der Waals surface area contributed by atoms with E-state index in [2.05, 4.69) is 47.8 Å². The molecule has 3 heteroatoms. The van der Waals surface area contributed by atoms with Gasteiger partial charge in [0.05, 0.1) is 22.9 Å². The summed E-state index contributed by atoms with van der Waals surface area (Å²) in [5, 5.41) is 4.50. The number of rotatable bonds is 3. The fourth-order valence-electron chi connectivity index (χ4n) is 3.94. The Kier molecular flexibility index (Phi) is 4.01. The van der Waals surface area contributed by atoms with Crippen LogP contribution in [0, 0.1) is 5.92 Å². The predicted molar refractivity (Wildman–Crippen MR) is 100 cm³/mol. The number of para-hydroxylation sites is 1. The minimum atomic E-state index is 0.192. The lowest BCUT2D eigenvalue weighted by molar-refractivity contribution is 0.242. The Balaban J connectivity index is 1.68. The fraction of sp³-hybridized carbons (Fsp3) is 0.333. The normalized spacial score (nSPS) is 24.4. The number of fused-ring (bicyclic) bond motifs is 3. The van der Waals surface area contributed by atoms with Crippen molar-refractivity contribution in [2.75, 3.05) is 5.32 Å². The zero-order valence-electron chi connectivity index (χ0n) is 14.0. The molecular weight excluding hydrogens is 318 g/mol. The van der Waals surface area contributed by atoms with Crippen LogP contribution >= 0.6 is 11.6 Å². The summed E-state index contributed by atoms with van der Waals surface area (Å²) < 4.78 is 5.76. The highest BCUT2D eigenvalue weighted by Gasteiger charge is 2.38. The first-order valence-electron chi connectivity index (χ1n) is 8.61. The van der Waals surface area contributed by atoms with Gasteiger partial charge in [-0.2, -0.15) is 0 Å². The minimum absolute atomic E-state index is 0.192. The van der Waals surface area contributed by atoms with Crippen LogP contribution in [0.2, 0.25) is 5.02 Å². The quantitative estimate of drug-likeness (QED) is 0.697. The number of allylic oxidation sites excluding steroid dienone is 2. The topological polar surface area (TPSA) is 21.3 Å². The standard InChI is InChI=1S/C21H22ClNO/c1-13(2)24-15-11-9-14(10-12-15)20-17-6-3-5-16(17)18-7-4-8-19(22)21(18)23-20/h3-5,7-13,16-17,20,23H,6H2,1-2H3/t16-,17+,20+/m1/s1. The Hall–Kier alpha value is -1.93. The van der Waals surface area contributed by atoms with Crippen LogP contribution in [-0.2, 0) is 0 Å². The number of halogens is 1. The lowest BCUT2D eigenvalue weighted by Gasteiger charge is -2.38. The zero-order chi connectivity index (χ0) is 16.7. The van der Waals surface area contributed by atoms with Crippen molar-refractivity contribution < 1.29 is 4.74 Å². The summed E-state index contributed by atoms with van der Waals surface area (Å²) in [6, 6.07) is 14.9. The van der Waals surface area contributed by atoms with E-state index in [4.69, 9.17) is 16.3 Å². The number of ether oxygens (including phenoxy) is 1. The SMILES string of the molecule is CC(C)Oc1ccc([C@@H]2Nc3c(Cl)cccc3[C@@H]3C=CC[C@@H]32)cc1. The second-order valence-corrected chi connectivity index (χ2v) is 7.32. The van der Waals surface area contributed by atoms with Gasteiger partial charge in [-0.25, -0.2) is 0 Å². The van der Waals surface area contributed by atoms with Crippen molar-refractivity contribution in [1.82, 2.24) is 0 Å². The van der Waals surface area contributed by atoms with Crippen LogP contribution in [-0.4, -0.2) is 6.10 Å². The van der Waals surface area contributed by atoms with Crippen LogP contribution < -0.4 is 10.1 Å². The molecule has 0 amide bonds. The summed E-state index contributed by atoms with van der Waals surface area (Å²) in [5.74, 6) is 1.90. The van der Waals surface area contributed by atoms with Crippen LogP contribution in [0.1, 0.15) is 43.4 Å².